The third-order valence-electron chi connectivity index (χ3n) is 3.16. The van der Waals surface area contributed by atoms with Crippen molar-refractivity contribution >= 4 is 5.97 Å². The number of carbonyl (C=O) groups is 1. The highest BCUT2D eigenvalue weighted by molar-refractivity contribution is 5.80. The SMILES string of the molecule is CCOC(=O)C(C)(CCCn1cc(C)cn1)NC(C)C. The lowest BCUT2D eigenvalue weighted by Crippen LogP contribution is -2.53. The highest BCUT2D eigenvalue weighted by Crippen LogP contribution is 2.17. The summed E-state index contributed by atoms with van der Waals surface area (Å²) in [5, 5.41) is 7.59. The van der Waals surface area contributed by atoms with Gasteiger partial charge in [-0.05, 0) is 53.0 Å². The van der Waals surface area contributed by atoms with E-state index in [4.69, 9.17) is 4.74 Å². The molecule has 0 spiro atoms. The lowest BCUT2D eigenvalue weighted by Gasteiger charge is -2.30. The number of ether oxygens (including phenoxy) is 1. The first-order valence-corrected chi connectivity index (χ1v) is 7.31. The van der Waals surface area contributed by atoms with Crippen molar-refractivity contribution in [3.63, 3.8) is 0 Å². The van der Waals surface area contributed by atoms with Crippen molar-refractivity contribution in [3.8, 4) is 0 Å². The lowest BCUT2D eigenvalue weighted by molar-refractivity contribution is -0.151. The van der Waals surface area contributed by atoms with E-state index in [1.54, 1.807) is 0 Å². The zero-order valence-electron chi connectivity index (χ0n) is 13.3. The molecule has 0 amide bonds. The third kappa shape index (κ3) is 4.96. The van der Waals surface area contributed by atoms with Crippen molar-refractivity contribution < 1.29 is 9.53 Å². The standard InChI is InChI=1S/C15H27N3O2/c1-6-20-14(19)15(5,17-12(2)3)8-7-9-18-11-13(4)10-16-18/h10-12,17H,6-9H2,1-5H3. The molecule has 1 aromatic rings. The second-order valence-electron chi connectivity index (χ2n) is 5.74. The average Bonchev–Trinajstić information content (AvgIpc) is 2.74. The summed E-state index contributed by atoms with van der Waals surface area (Å²) in [4.78, 5) is 12.1. The Balaban J connectivity index is 2.57. The van der Waals surface area contributed by atoms with Gasteiger partial charge in [0.1, 0.15) is 5.54 Å². The summed E-state index contributed by atoms with van der Waals surface area (Å²) in [6.07, 6.45) is 5.45. The van der Waals surface area contributed by atoms with E-state index in [0.717, 1.165) is 24.9 Å². The monoisotopic (exact) mass is 281 g/mol. The fourth-order valence-corrected chi connectivity index (χ4v) is 2.34. The van der Waals surface area contributed by atoms with Gasteiger partial charge in [-0.3, -0.25) is 14.8 Å². The number of rotatable bonds is 8. The van der Waals surface area contributed by atoms with Crippen LogP contribution in [-0.2, 0) is 16.1 Å². The molecule has 1 heterocycles. The van der Waals surface area contributed by atoms with Gasteiger partial charge < -0.3 is 4.74 Å². The zero-order valence-corrected chi connectivity index (χ0v) is 13.3. The maximum Gasteiger partial charge on any atom is 0.326 e. The highest BCUT2D eigenvalue weighted by atomic mass is 16.5. The Kier molecular flexibility index (Phi) is 6.20. The quantitative estimate of drug-likeness (QED) is 0.743. The van der Waals surface area contributed by atoms with E-state index in [2.05, 4.69) is 10.4 Å². The van der Waals surface area contributed by atoms with Gasteiger partial charge in [0.2, 0.25) is 0 Å². The van der Waals surface area contributed by atoms with Gasteiger partial charge in [0.25, 0.3) is 0 Å². The fraction of sp³-hybridized carbons (Fsp3) is 0.733. The molecule has 0 radical (unpaired) electrons. The maximum atomic E-state index is 12.1. The van der Waals surface area contributed by atoms with Crippen LogP contribution in [0.2, 0.25) is 0 Å². The summed E-state index contributed by atoms with van der Waals surface area (Å²) >= 11 is 0. The van der Waals surface area contributed by atoms with Crippen molar-refractivity contribution in [2.75, 3.05) is 6.61 Å². The lowest BCUT2D eigenvalue weighted by atomic mass is 9.94. The van der Waals surface area contributed by atoms with Gasteiger partial charge in [0.05, 0.1) is 12.8 Å². The molecule has 0 aliphatic carbocycles. The van der Waals surface area contributed by atoms with E-state index >= 15 is 0 Å². The number of nitrogens with zero attached hydrogens (tertiary/aromatic N) is 2. The molecule has 1 unspecified atom stereocenters. The Morgan fingerprint density at radius 1 is 1.55 bits per heavy atom. The van der Waals surface area contributed by atoms with E-state index in [9.17, 15) is 4.79 Å². The van der Waals surface area contributed by atoms with Gasteiger partial charge in [0.15, 0.2) is 0 Å². The van der Waals surface area contributed by atoms with Crippen molar-refractivity contribution in [1.29, 1.82) is 0 Å². The molecule has 20 heavy (non-hydrogen) atoms. The van der Waals surface area contributed by atoms with Crippen molar-refractivity contribution in [3.05, 3.63) is 18.0 Å². The van der Waals surface area contributed by atoms with Crippen LogP contribution in [0.15, 0.2) is 12.4 Å². The number of hydrogen-bond acceptors (Lipinski definition) is 4. The Labute approximate surface area is 121 Å². The molecular formula is C15H27N3O2. The molecule has 1 atom stereocenters. The van der Waals surface area contributed by atoms with E-state index in [1.807, 2.05) is 51.7 Å². The molecule has 0 aromatic carbocycles. The van der Waals surface area contributed by atoms with Crippen LogP contribution in [0.5, 0.6) is 0 Å². The summed E-state index contributed by atoms with van der Waals surface area (Å²) in [5.74, 6) is -0.176. The Morgan fingerprint density at radius 3 is 2.75 bits per heavy atom. The van der Waals surface area contributed by atoms with Gasteiger partial charge in [-0.1, -0.05) is 0 Å². The molecule has 0 saturated heterocycles. The molecular weight excluding hydrogens is 254 g/mol. The molecule has 1 rings (SSSR count). The van der Waals surface area contributed by atoms with E-state index < -0.39 is 5.54 Å². The van der Waals surface area contributed by atoms with Crippen LogP contribution < -0.4 is 5.32 Å². The number of esters is 1. The summed E-state index contributed by atoms with van der Waals surface area (Å²) in [6.45, 7) is 11.1. The van der Waals surface area contributed by atoms with Crippen LogP contribution in [0.3, 0.4) is 0 Å². The van der Waals surface area contributed by atoms with Crippen molar-refractivity contribution in [2.24, 2.45) is 0 Å². The molecule has 1 N–H and O–H groups in total. The highest BCUT2D eigenvalue weighted by Gasteiger charge is 2.34. The number of nitrogens with one attached hydrogen (secondary N) is 1. The minimum Gasteiger partial charge on any atom is -0.465 e. The third-order valence-corrected chi connectivity index (χ3v) is 3.16. The van der Waals surface area contributed by atoms with Gasteiger partial charge in [-0.15, -0.1) is 0 Å². The first-order valence-electron chi connectivity index (χ1n) is 7.31. The second-order valence-corrected chi connectivity index (χ2v) is 5.74. The number of aromatic nitrogens is 2. The first-order chi connectivity index (χ1) is 9.37. The van der Waals surface area contributed by atoms with Crippen molar-refractivity contribution in [2.45, 2.75) is 65.6 Å². The molecule has 0 aliphatic rings. The summed E-state index contributed by atoms with van der Waals surface area (Å²) in [5.41, 5.74) is 0.519. The smallest absolute Gasteiger partial charge is 0.326 e. The molecule has 0 fully saturated rings. The molecule has 1 aromatic heterocycles. The summed E-state index contributed by atoms with van der Waals surface area (Å²) in [7, 11) is 0. The maximum absolute atomic E-state index is 12.1. The predicted molar refractivity (Wildman–Crippen MR) is 79.5 cm³/mol. The number of hydrogen-bond donors (Lipinski definition) is 1. The van der Waals surface area contributed by atoms with Gasteiger partial charge in [-0.2, -0.15) is 5.10 Å². The number of aryl methyl sites for hydroxylation is 2. The largest absolute Gasteiger partial charge is 0.465 e. The molecule has 5 heteroatoms. The fourth-order valence-electron chi connectivity index (χ4n) is 2.34. The summed E-state index contributed by atoms with van der Waals surface area (Å²) in [6, 6.07) is 0.233. The van der Waals surface area contributed by atoms with Gasteiger partial charge in [-0.25, -0.2) is 0 Å². The van der Waals surface area contributed by atoms with Crippen LogP contribution in [0.25, 0.3) is 0 Å². The second kappa shape index (κ2) is 7.43. The minimum atomic E-state index is -0.633. The minimum absolute atomic E-state index is 0.176. The zero-order chi connectivity index (χ0) is 15.2. The van der Waals surface area contributed by atoms with Crippen LogP contribution in [0, 0.1) is 6.92 Å². The Morgan fingerprint density at radius 2 is 2.25 bits per heavy atom. The normalized spacial score (nSPS) is 14.3. The van der Waals surface area contributed by atoms with E-state index in [0.29, 0.717) is 6.61 Å². The molecule has 114 valence electrons. The van der Waals surface area contributed by atoms with Gasteiger partial charge in [0, 0.05) is 18.8 Å². The van der Waals surface area contributed by atoms with Crippen LogP contribution in [0.4, 0.5) is 0 Å². The van der Waals surface area contributed by atoms with Crippen LogP contribution >= 0.6 is 0 Å². The van der Waals surface area contributed by atoms with Gasteiger partial charge >= 0.3 is 5.97 Å². The predicted octanol–water partition coefficient (Wildman–Crippen LogP) is 2.29. The van der Waals surface area contributed by atoms with E-state index in [-0.39, 0.29) is 12.0 Å². The summed E-state index contributed by atoms with van der Waals surface area (Å²) < 4.78 is 7.10. The Bertz CT molecular complexity index is 429. The number of carbonyl (C=O) groups excluding carboxylic acids is 1. The average molecular weight is 281 g/mol. The Hall–Kier alpha value is -1.36. The molecule has 0 saturated carbocycles. The van der Waals surface area contributed by atoms with Crippen LogP contribution in [-0.4, -0.2) is 33.9 Å². The molecule has 0 bridgehead atoms. The van der Waals surface area contributed by atoms with Crippen molar-refractivity contribution in [1.82, 2.24) is 15.1 Å². The molecule has 5 nitrogen and oxygen atoms in total. The topological polar surface area (TPSA) is 56.2 Å². The van der Waals surface area contributed by atoms with E-state index in [1.165, 1.54) is 0 Å². The van der Waals surface area contributed by atoms with Crippen LogP contribution in [0.1, 0.15) is 46.1 Å². The molecule has 0 aliphatic heterocycles. The first kappa shape index (κ1) is 16.7.